The Kier molecular flexibility index (Phi) is 4.89. The van der Waals surface area contributed by atoms with Gasteiger partial charge in [-0.1, -0.05) is 12.1 Å². The highest BCUT2D eigenvalue weighted by Gasteiger charge is 2.51. The summed E-state index contributed by atoms with van der Waals surface area (Å²) in [5.74, 6) is 1.12. The van der Waals surface area contributed by atoms with Crippen LogP contribution in [0.2, 0.25) is 0 Å². The number of carbonyl (C=O) groups excluding carboxylic acids is 1. The lowest BCUT2D eigenvalue weighted by molar-refractivity contribution is -0.118. The summed E-state index contributed by atoms with van der Waals surface area (Å²) in [6.07, 6.45) is 3.31. The molecule has 0 radical (unpaired) electrons. The lowest BCUT2D eigenvalue weighted by Gasteiger charge is -2.16. The molecule has 2 aromatic carbocycles. The summed E-state index contributed by atoms with van der Waals surface area (Å²) in [6, 6.07) is 18.5. The topological polar surface area (TPSA) is 81.9 Å². The van der Waals surface area contributed by atoms with Crippen LogP contribution in [-0.4, -0.2) is 25.9 Å². The Bertz CT molecular complexity index is 1250. The molecule has 0 atom stereocenters. The van der Waals surface area contributed by atoms with Gasteiger partial charge >= 0.3 is 0 Å². The smallest absolute Gasteiger partial charge is 0.238 e. The third kappa shape index (κ3) is 3.94. The van der Waals surface area contributed by atoms with Gasteiger partial charge in [0.05, 0.1) is 11.1 Å². The lowest BCUT2D eigenvalue weighted by atomic mass is 9.95. The van der Waals surface area contributed by atoms with Gasteiger partial charge < -0.3 is 10.1 Å². The van der Waals surface area contributed by atoms with E-state index < -0.39 is 5.41 Å². The number of anilines is 1. The van der Waals surface area contributed by atoms with Gasteiger partial charge in [0, 0.05) is 18.0 Å². The minimum Gasteiger partial charge on any atom is -0.438 e. The molecule has 0 aliphatic heterocycles. The minimum absolute atomic E-state index is 0.0897. The van der Waals surface area contributed by atoms with Gasteiger partial charge in [-0.3, -0.25) is 4.79 Å². The molecule has 1 fully saturated rings. The first-order chi connectivity index (χ1) is 15.5. The number of halogens is 1. The number of aryl methyl sites for hydroxylation is 1. The van der Waals surface area contributed by atoms with E-state index in [1.165, 1.54) is 12.1 Å². The zero-order valence-electron chi connectivity index (χ0n) is 17.3. The van der Waals surface area contributed by atoms with Gasteiger partial charge in [-0.15, -0.1) is 10.2 Å². The maximum Gasteiger partial charge on any atom is 0.238 e. The van der Waals surface area contributed by atoms with Crippen LogP contribution in [-0.2, 0) is 10.2 Å². The van der Waals surface area contributed by atoms with Gasteiger partial charge in [0.1, 0.15) is 11.6 Å². The molecule has 0 unspecified atom stereocenters. The number of carbonyl (C=O) groups is 1. The highest BCUT2D eigenvalue weighted by molar-refractivity contribution is 6.01. The fourth-order valence-corrected chi connectivity index (χ4v) is 3.55. The van der Waals surface area contributed by atoms with Crippen LogP contribution in [0.4, 0.5) is 10.1 Å². The zero-order chi connectivity index (χ0) is 22.1. The molecule has 0 spiro atoms. The number of nitrogens with zero attached hydrogens (tertiary/aromatic N) is 4. The maximum atomic E-state index is 13.2. The van der Waals surface area contributed by atoms with Gasteiger partial charge in [0.2, 0.25) is 11.8 Å². The number of amides is 1. The molecule has 2 heterocycles. The van der Waals surface area contributed by atoms with E-state index in [1.807, 2.05) is 19.2 Å². The summed E-state index contributed by atoms with van der Waals surface area (Å²) in [7, 11) is 0. The second-order valence-corrected chi connectivity index (χ2v) is 7.80. The van der Waals surface area contributed by atoms with E-state index in [4.69, 9.17) is 4.74 Å². The molecular formula is C24H20FN5O2. The van der Waals surface area contributed by atoms with Crippen molar-refractivity contribution in [3.63, 3.8) is 0 Å². The van der Waals surface area contributed by atoms with E-state index in [9.17, 15) is 9.18 Å². The first kappa shape index (κ1) is 19.9. The van der Waals surface area contributed by atoms with Crippen LogP contribution in [0, 0.1) is 12.7 Å². The monoisotopic (exact) mass is 429 g/mol. The summed E-state index contributed by atoms with van der Waals surface area (Å²) in [4.78, 5) is 12.8. The number of hydrogen-bond donors (Lipinski definition) is 1. The molecule has 32 heavy (non-hydrogen) atoms. The Morgan fingerprint density at radius 1 is 1.00 bits per heavy atom. The highest BCUT2D eigenvalue weighted by Crippen LogP contribution is 2.49. The van der Waals surface area contributed by atoms with Crippen LogP contribution in [0.3, 0.4) is 0 Å². The molecule has 0 bridgehead atoms. The first-order valence-electron chi connectivity index (χ1n) is 10.2. The number of ether oxygens (including phenoxy) is 1. The van der Waals surface area contributed by atoms with Crippen LogP contribution < -0.4 is 10.1 Å². The normalized spacial score (nSPS) is 14.1. The van der Waals surface area contributed by atoms with Crippen molar-refractivity contribution >= 4 is 11.6 Å². The summed E-state index contributed by atoms with van der Waals surface area (Å²) >= 11 is 0. The van der Waals surface area contributed by atoms with Crippen molar-refractivity contribution in [2.45, 2.75) is 25.2 Å². The predicted molar refractivity (Wildman–Crippen MR) is 116 cm³/mol. The Labute approximate surface area is 183 Å². The molecule has 1 aliphatic rings. The molecule has 5 rings (SSSR count). The van der Waals surface area contributed by atoms with Gasteiger partial charge in [-0.2, -0.15) is 5.10 Å². The van der Waals surface area contributed by atoms with Crippen molar-refractivity contribution < 1.29 is 13.9 Å². The van der Waals surface area contributed by atoms with Crippen LogP contribution in [0.25, 0.3) is 5.82 Å². The number of benzene rings is 2. The SMILES string of the molecule is Cc1ccn(-c2ccc(Oc3ccc(NC(=O)C4(c5ccc(F)cc5)CC4)cc3)nn2)n1. The largest absolute Gasteiger partial charge is 0.438 e. The average molecular weight is 429 g/mol. The molecule has 1 aliphatic carbocycles. The van der Waals surface area contributed by atoms with Gasteiger partial charge in [-0.25, -0.2) is 9.07 Å². The number of hydrogen-bond acceptors (Lipinski definition) is 5. The second-order valence-electron chi connectivity index (χ2n) is 7.80. The fourth-order valence-electron chi connectivity index (χ4n) is 3.55. The summed E-state index contributed by atoms with van der Waals surface area (Å²) in [5.41, 5.74) is 1.81. The average Bonchev–Trinajstić information content (AvgIpc) is 3.51. The van der Waals surface area contributed by atoms with E-state index >= 15 is 0 Å². The van der Waals surface area contributed by atoms with E-state index in [-0.39, 0.29) is 11.7 Å². The lowest BCUT2D eigenvalue weighted by Crippen LogP contribution is -2.27. The third-order valence-electron chi connectivity index (χ3n) is 5.50. The first-order valence-corrected chi connectivity index (χ1v) is 10.2. The van der Waals surface area contributed by atoms with Crippen LogP contribution >= 0.6 is 0 Å². The van der Waals surface area contributed by atoms with Crippen molar-refractivity contribution in [2.75, 3.05) is 5.32 Å². The molecule has 160 valence electrons. The molecule has 2 aromatic heterocycles. The maximum absolute atomic E-state index is 13.2. The van der Waals surface area contributed by atoms with Crippen molar-refractivity contribution in [3.05, 3.63) is 90.0 Å². The quantitative estimate of drug-likeness (QED) is 0.485. The Balaban J connectivity index is 1.23. The Hall–Kier alpha value is -4.07. The standard InChI is InChI=1S/C24H20FN5O2/c1-16-12-15-30(29-16)21-10-11-22(28-27-21)32-20-8-6-19(7-9-20)26-23(31)24(13-14-24)17-2-4-18(25)5-3-17/h2-12,15H,13-14H2,1H3,(H,26,31). The molecule has 8 heteroatoms. The molecule has 0 saturated heterocycles. The van der Waals surface area contributed by atoms with E-state index in [2.05, 4.69) is 20.6 Å². The Morgan fingerprint density at radius 3 is 2.34 bits per heavy atom. The number of nitrogens with one attached hydrogen (secondary N) is 1. The van der Waals surface area contributed by atoms with Crippen molar-refractivity contribution in [3.8, 4) is 17.4 Å². The van der Waals surface area contributed by atoms with Crippen LogP contribution in [0.5, 0.6) is 11.6 Å². The molecule has 1 saturated carbocycles. The molecule has 1 amide bonds. The van der Waals surface area contributed by atoms with Crippen molar-refractivity contribution in [1.29, 1.82) is 0 Å². The van der Waals surface area contributed by atoms with E-state index in [0.29, 0.717) is 23.1 Å². The molecule has 7 nitrogen and oxygen atoms in total. The molecule has 4 aromatic rings. The minimum atomic E-state index is -0.576. The van der Waals surface area contributed by atoms with Crippen molar-refractivity contribution in [1.82, 2.24) is 20.0 Å². The van der Waals surface area contributed by atoms with Crippen LogP contribution in [0.15, 0.2) is 72.9 Å². The van der Waals surface area contributed by atoms with E-state index in [1.54, 1.807) is 53.2 Å². The summed E-state index contributed by atoms with van der Waals surface area (Å²) < 4.78 is 20.6. The number of aromatic nitrogens is 4. The predicted octanol–water partition coefficient (Wildman–Crippen LogP) is 4.57. The molecule has 1 N–H and O–H groups in total. The van der Waals surface area contributed by atoms with Crippen molar-refractivity contribution in [2.24, 2.45) is 0 Å². The van der Waals surface area contributed by atoms with E-state index in [0.717, 1.165) is 24.1 Å². The molecular weight excluding hydrogens is 409 g/mol. The van der Waals surface area contributed by atoms with Gasteiger partial charge in [0.25, 0.3) is 0 Å². The van der Waals surface area contributed by atoms with Gasteiger partial charge in [0.15, 0.2) is 5.82 Å². The summed E-state index contributed by atoms with van der Waals surface area (Å²) in [6.45, 7) is 1.90. The number of rotatable bonds is 6. The Morgan fingerprint density at radius 2 is 1.75 bits per heavy atom. The third-order valence-corrected chi connectivity index (χ3v) is 5.50. The highest BCUT2D eigenvalue weighted by atomic mass is 19.1. The zero-order valence-corrected chi connectivity index (χ0v) is 17.3. The summed E-state index contributed by atoms with van der Waals surface area (Å²) in [5, 5.41) is 15.5. The fraction of sp³-hybridized carbons (Fsp3) is 0.167. The van der Waals surface area contributed by atoms with Crippen LogP contribution in [0.1, 0.15) is 24.1 Å². The second kappa shape index (κ2) is 7.88. The van der Waals surface area contributed by atoms with Gasteiger partial charge in [-0.05, 0) is 73.9 Å².